The second-order valence-electron chi connectivity index (χ2n) is 6.74. The summed E-state index contributed by atoms with van der Waals surface area (Å²) in [5, 5.41) is 0. The summed E-state index contributed by atoms with van der Waals surface area (Å²) in [5.41, 5.74) is 0. The van der Waals surface area contributed by atoms with Crippen LogP contribution in [0.25, 0.3) is 0 Å². The Morgan fingerprint density at radius 3 is 2.65 bits per heavy atom. The third kappa shape index (κ3) is 4.68. The summed E-state index contributed by atoms with van der Waals surface area (Å²) in [6.45, 7) is 6.87. The molecule has 1 aromatic carbocycles. The van der Waals surface area contributed by atoms with Crippen molar-refractivity contribution >= 4 is 11.7 Å². The lowest BCUT2D eigenvalue weighted by Gasteiger charge is -2.35. The molecule has 0 radical (unpaired) electrons. The van der Waals surface area contributed by atoms with Crippen molar-refractivity contribution in [3.05, 3.63) is 42.5 Å². The highest BCUT2D eigenvalue weighted by molar-refractivity contribution is 5.76. The van der Waals surface area contributed by atoms with E-state index in [0.717, 1.165) is 5.82 Å². The van der Waals surface area contributed by atoms with Gasteiger partial charge in [0.15, 0.2) is 0 Å². The van der Waals surface area contributed by atoms with E-state index in [4.69, 9.17) is 4.74 Å². The van der Waals surface area contributed by atoms with Gasteiger partial charge in [0.1, 0.15) is 23.7 Å². The first kappa shape index (κ1) is 18.1. The molecule has 7 heteroatoms. The fraction of sp³-hybridized carbons (Fsp3) is 0.421. The minimum atomic E-state index is -0.362. The van der Waals surface area contributed by atoms with Crippen molar-refractivity contribution in [2.24, 2.45) is 5.92 Å². The molecular weight excluding hydrogens is 335 g/mol. The lowest BCUT2D eigenvalue weighted by molar-refractivity contribution is -0.132. The Labute approximate surface area is 152 Å². The first-order valence-corrected chi connectivity index (χ1v) is 8.79. The number of hydrogen-bond acceptors (Lipinski definition) is 5. The van der Waals surface area contributed by atoms with Crippen LogP contribution in [0.2, 0.25) is 0 Å². The second kappa shape index (κ2) is 8.12. The minimum absolute atomic E-state index is 0.206. The number of rotatable bonds is 5. The number of carbonyl (C=O) groups is 1. The van der Waals surface area contributed by atoms with Crippen LogP contribution in [0.1, 0.15) is 20.3 Å². The highest BCUT2D eigenvalue weighted by Gasteiger charge is 2.22. The van der Waals surface area contributed by atoms with Gasteiger partial charge in [0.2, 0.25) is 11.8 Å². The predicted molar refractivity (Wildman–Crippen MR) is 96.8 cm³/mol. The van der Waals surface area contributed by atoms with Crippen molar-refractivity contribution in [2.45, 2.75) is 20.3 Å². The maximum atomic E-state index is 13.3. The monoisotopic (exact) mass is 358 g/mol. The van der Waals surface area contributed by atoms with Gasteiger partial charge < -0.3 is 14.5 Å². The van der Waals surface area contributed by atoms with Gasteiger partial charge in [-0.25, -0.2) is 14.4 Å². The highest BCUT2D eigenvalue weighted by Crippen LogP contribution is 2.23. The number of anilines is 1. The number of nitrogens with zero attached hydrogens (tertiary/aromatic N) is 4. The third-order valence-corrected chi connectivity index (χ3v) is 4.19. The molecule has 3 rings (SSSR count). The molecule has 0 atom stereocenters. The van der Waals surface area contributed by atoms with Crippen molar-refractivity contribution in [3.8, 4) is 11.6 Å². The van der Waals surface area contributed by atoms with Gasteiger partial charge in [-0.1, -0.05) is 19.9 Å². The van der Waals surface area contributed by atoms with Gasteiger partial charge in [0.05, 0.1) is 0 Å². The van der Waals surface area contributed by atoms with Crippen LogP contribution in [-0.4, -0.2) is 47.0 Å². The molecular formula is C19H23FN4O2. The molecule has 0 saturated carbocycles. The summed E-state index contributed by atoms with van der Waals surface area (Å²) in [4.78, 5) is 24.6. The van der Waals surface area contributed by atoms with Gasteiger partial charge >= 0.3 is 0 Å². The van der Waals surface area contributed by atoms with Crippen LogP contribution in [0.15, 0.2) is 36.7 Å². The first-order valence-electron chi connectivity index (χ1n) is 8.79. The molecule has 0 N–H and O–H groups in total. The predicted octanol–water partition coefficient (Wildman–Crippen LogP) is 3.10. The molecule has 1 fully saturated rings. The van der Waals surface area contributed by atoms with Gasteiger partial charge in [-0.05, 0) is 18.1 Å². The van der Waals surface area contributed by atoms with Crippen LogP contribution in [0.4, 0.5) is 10.2 Å². The van der Waals surface area contributed by atoms with E-state index in [1.54, 1.807) is 18.2 Å². The fourth-order valence-corrected chi connectivity index (χ4v) is 2.87. The van der Waals surface area contributed by atoms with E-state index >= 15 is 0 Å². The number of benzene rings is 1. The molecule has 0 unspecified atom stereocenters. The van der Waals surface area contributed by atoms with Crippen molar-refractivity contribution in [1.82, 2.24) is 14.9 Å². The maximum Gasteiger partial charge on any atom is 0.224 e. The van der Waals surface area contributed by atoms with Crippen LogP contribution < -0.4 is 9.64 Å². The Bertz CT molecular complexity index is 761. The van der Waals surface area contributed by atoms with E-state index in [-0.39, 0.29) is 11.7 Å². The molecule has 2 heterocycles. The topological polar surface area (TPSA) is 58.6 Å². The molecule has 0 spiro atoms. The van der Waals surface area contributed by atoms with Crippen LogP contribution in [0.3, 0.4) is 0 Å². The van der Waals surface area contributed by atoms with Gasteiger partial charge in [-0.15, -0.1) is 0 Å². The van der Waals surface area contributed by atoms with Gasteiger partial charge in [0.25, 0.3) is 0 Å². The number of carbonyl (C=O) groups excluding carboxylic acids is 1. The quantitative estimate of drug-likeness (QED) is 0.822. The van der Waals surface area contributed by atoms with E-state index in [1.165, 1.54) is 18.5 Å². The van der Waals surface area contributed by atoms with E-state index in [2.05, 4.69) is 28.7 Å². The maximum absolute atomic E-state index is 13.3. The van der Waals surface area contributed by atoms with Gasteiger partial charge in [-0.3, -0.25) is 4.79 Å². The van der Waals surface area contributed by atoms with E-state index in [1.807, 2.05) is 4.90 Å². The Kier molecular flexibility index (Phi) is 5.65. The Hall–Kier alpha value is -2.70. The van der Waals surface area contributed by atoms with Gasteiger partial charge in [0, 0.05) is 44.7 Å². The molecule has 26 heavy (non-hydrogen) atoms. The largest absolute Gasteiger partial charge is 0.439 e. The highest BCUT2D eigenvalue weighted by atomic mass is 19.1. The van der Waals surface area contributed by atoms with E-state index in [9.17, 15) is 9.18 Å². The van der Waals surface area contributed by atoms with Gasteiger partial charge in [-0.2, -0.15) is 0 Å². The number of aromatic nitrogens is 2. The van der Waals surface area contributed by atoms with E-state index in [0.29, 0.717) is 50.1 Å². The number of piperazine rings is 1. The lowest BCUT2D eigenvalue weighted by atomic mass is 10.1. The third-order valence-electron chi connectivity index (χ3n) is 4.19. The number of ether oxygens (including phenoxy) is 1. The minimum Gasteiger partial charge on any atom is -0.439 e. The summed E-state index contributed by atoms with van der Waals surface area (Å²) < 4.78 is 18.9. The molecule has 1 aromatic heterocycles. The number of halogens is 1. The van der Waals surface area contributed by atoms with Crippen LogP contribution in [0.5, 0.6) is 11.6 Å². The fourth-order valence-electron chi connectivity index (χ4n) is 2.87. The normalized spacial score (nSPS) is 14.6. The lowest BCUT2D eigenvalue weighted by Crippen LogP contribution is -2.49. The summed E-state index contributed by atoms with van der Waals surface area (Å²) >= 11 is 0. The molecule has 0 aliphatic carbocycles. The molecule has 2 aromatic rings. The molecule has 1 saturated heterocycles. The van der Waals surface area contributed by atoms with Crippen molar-refractivity contribution in [3.63, 3.8) is 0 Å². The summed E-state index contributed by atoms with van der Waals surface area (Å²) in [6.07, 6.45) is 2.01. The molecule has 0 bridgehead atoms. The van der Waals surface area contributed by atoms with Crippen LogP contribution in [-0.2, 0) is 4.79 Å². The zero-order chi connectivity index (χ0) is 18.5. The molecule has 1 amide bonds. The summed E-state index contributed by atoms with van der Waals surface area (Å²) in [6, 6.07) is 7.65. The zero-order valence-corrected chi connectivity index (χ0v) is 15.1. The summed E-state index contributed by atoms with van der Waals surface area (Å²) in [7, 11) is 0. The zero-order valence-electron chi connectivity index (χ0n) is 15.1. The second-order valence-corrected chi connectivity index (χ2v) is 6.74. The first-order chi connectivity index (χ1) is 12.5. The van der Waals surface area contributed by atoms with Crippen LogP contribution in [0, 0.1) is 11.7 Å². The number of amides is 1. The van der Waals surface area contributed by atoms with E-state index < -0.39 is 0 Å². The average Bonchev–Trinajstić information content (AvgIpc) is 2.61. The molecule has 1 aliphatic heterocycles. The van der Waals surface area contributed by atoms with Crippen molar-refractivity contribution in [1.29, 1.82) is 0 Å². The molecule has 138 valence electrons. The summed E-state index contributed by atoms with van der Waals surface area (Å²) in [5.74, 6) is 1.70. The SMILES string of the molecule is CC(C)CC(=O)N1CCN(c2cc(Oc3cccc(F)c3)ncn2)CC1. The van der Waals surface area contributed by atoms with Crippen LogP contribution >= 0.6 is 0 Å². The molecule has 1 aliphatic rings. The Morgan fingerprint density at radius 2 is 1.96 bits per heavy atom. The average molecular weight is 358 g/mol. The molecule has 6 nitrogen and oxygen atoms in total. The Balaban J connectivity index is 1.61. The van der Waals surface area contributed by atoms with Crippen molar-refractivity contribution < 1.29 is 13.9 Å². The standard InChI is InChI=1S/C19H23FN4O2/c1-14(2)10-19(25)24-8-6-23(7-9-24)17-12-18(22-13-21-17)26-16-5-3-4-15(20)11-16/h3-5,11-14H,6-10H2,1-2H3. The van der Waals surface area contributed by atoms with Crippen molar-refractivity contribution in [2.75, 3.05) is 31.1 Å². The number of hydrogen-bond donors (Lipinski definition) is 0. The smallest absolute Gasteiger partial charge is 0.224 e. The Morgan fingerprint density at radius 1 is 1.19 bits per heavy atom.